The maximum atomic E-state index is 12.5. The first-order chi connectivity index (χ1) is 15.3. The molecule has 0 saturated carbocycles. The molecule has 0 radical (unpaired) electrons. The molecule has 1 aliphatic rings. The molecule has 1 heterocycles. The fourth-order valence-corrected chi connectivity index (χ4v) is 3.50. The monoisotopic (exact) mass is 428 g/mol. The number of rotatable bonds is 5. The molecule has 3 amide bonds. The lowest BCUT2D eigenvalue weighted by atomic mass is 10.1. The standard InChI is InChI=1S/C25H20N2O5/c1-15-7-12-21(16(2)13-15)26-23(29)17-8-10-18(11-9-17)32-22(28)14-27-24(30)19-5-3-4-6-20(19)25(27)31/h3-13H,14H2,1-2H3,(H,26,29). The number of esters is 1. The maximum absolute atomic E-state index is 12.5. The van der Waals surface area contributed by atoms with Gasteiger partial charge in [0.15, 0.2) is 0 Å². The number of fused-ring (bicyclic) bond motifs is 1. The molecule has 0 fully saturated rings. The van der Waals surface area contributed by atoms with E-state index in [0.29, 0.717) is 5.56 Å². The van der Waals surface area contributed by atoms with Gasteiger partial charge in [0.05, 0.1) is 11.1 Å². The Bertz CT molecular complexity index is 1210. The zero-order valence-electron chi connectivity index (χ0n) is 17.5. The highest BCUT2D eigenvalue weighted by Gasteiger charge is 2.36. The quantitative estimate of drug-likeness (QED) is 0.380. The van der Waals surface area contributed by atoms with Crippen molar-refractivity contribution < 1.29 is 23.9 Å². The third kappa shape index (κ3) is 4.13. The third-order valence-corrected chi connectivity index (χ3v) is 5.14. The van der Waals surface area contributed by atoms with E-state index in [0.717, 1.165) is 21.7 Å². The van der Waals surface area contributed by atoms with Gasteiger partial charge in [-0.1, -0.05) is 29.8 Å². The molecule has 0 aromatic heterocycles. The van der Waals surface area contributed by atoms with Crippen molar-refractivity contribution in [3.05, 3.63) is 94.5 Å². The maximum Gasteiger partial charge on any atom is 0.331 e. The topological polar surface area (TPSA) is 92.8 Å². The van der Waals surface area contributed by atoms with Crippen LogP contribution in [0.2, 0.25) is 0 Å². The normalized spacial score (nSPS) is 12.5. The summed E-state index contributed by atoms with van der Waals surface area (Å²) in [6.45, 7) is 3.40. The number of hydrogen-bond donors (Lipinski definition) is 1. The van der Waals surface area contributed by atoms with Crippen molar-refractivity contribution in [2.75, 3.05) is 11.9 Å². The number of carbonyl (C=O) groups excluding carboxylic acids is 4. The van der Waals surface area contributed by atoms with Crippen molar-refractivity contribution in [2.24, 2.45) is 0 Å². The minimum Gasteiger partial charge on any atom is -0.425 e. The van der Waals surface area contributed by atoms with Gasteiger partial charge in [0.1, 0.15) is 12.3 Å². The average Bonchev–Trinajstić information content (AvgIpc) is 3.01. The summed E-state index contributed by atoms with van der Waals surface area (Å²) in [6.07, 6.45) is 0. The van der Waals surface area contributed by atoms with Crippen LogP contribution in [-0.4, -0.2) is 35.1 Å². The number of carbonyl (C=O) groups is 4. The van der Waals surface area contributed by atoms with E-state index in [2.05, 4.69) is 5.32 Å². The first-order valence-electron chi connectivity index (χ1n) is 9.98. The van der Waals surface area contributed by atoms with Gasteiger partial charge in [0.25, 0.3) is 17.7 Å². The van der Waals surface area contributed by atoms with E-state index < -0.39 is 24.3 Å². The zero-order valence-corrected chi connectivity index (χ0v) is 17.5. The predicted molar refractivity (Wildman–Crippen MR) is 118 cm³/mol. The first kappa shape index (κ1) is 21.0. The second-order valence-corrected chi connectivity index (χ2v) is 7.51. The summed E-state index contributed by atoms with van der Waals surface area (Å²) in [4.78, 5) is 50.4. The van der Waals surface area contributed by atoms with Gasteiger partial charge >= 0.3 is 5.97 Å². The smallest absolute Gasteiger partial charge is 0.331 e. The van der Waals surface area contributed by atoms with E-state index in [9.17, 15) is 19.2 Å². The predicted octanol–water partition coefficient (Wildman–Crippen LogP) is 3.76. The first-order valence-corrected chi connectivity index (χ1v) is 9.98. The molecule has 1 N–H and O–H groups in total. The van der Waals surface area contributed by atoms with Crippen LogP contribution in [0.5, 0.6) is 5.75 Å². The van der Waals surface area contributed by atoms with E-state index in [1.165, 1.54) is 24.3 Å². The van der Waals surface area contributed by atoms with Crippen LogP contribution in [0.15, 0.2) is 66.7 Å². The van der Waals surface area contributed by atoms with Crippen LogP contribution in [0.25, 0.3) is 0 Å². The second kappa shape index (κ2) is 8.47. The van der Waals surface area contributed by atoms with Crippen LogP contribution in [0.3, 0.4) is 0 Å². The molecule has 7 nitrogen and oxygen atoms in total. The molecule has 3 aromatic carbocycles. The number of nitrogens with zero attached hydrogens (tertiary/aromatic N) is 1. The molecule has 7 heteroatoms. The van der Waals surface area contributed by atoms with Crippen LogP contribution in [0, 0.1) is 13.8 Å². The van der Waals surface area contributed by atoms with Crippen LogP contribution in [-0.2, 0) is 4.79 Å². The summed E-state index contributed by atoms with van der Waals surface area (Å²) in [5.41, 5.74) is 3.71. The fourth-order valence-electron chi connectivity index (χ4n) is 3.50. The molecule has 1 aliphatic heterocycles. The number of amides is 3. The van der Waals surface area contributed by atoms with Gasteiger partial charge in [0, 0.05) is 11.3 Å². The summed E-state index contributed by atoms with van der Waals surface area (Å²) >= 11 is 0. The number of benzene rings is 3. The molecule has 3 aromatic rings. The van der Waals surface area contributed by atoms with Gasteiger partial charge < -0.3 is 10.1 Å². The Kier molecular flexibility index (Phi) is 5.55. The van der Waals surface area contributed by atoms with E-state index >= 15 is 0 Å². The molecule has 160 valence electrons. The van der Waals surface area contributed by atoms with E-state index in [1.54, 1.807) is 24.3 Å². The zero-order chi connectivity index (χ0) is 22.8. The highest BCUT2D eigenvalue weighted by atomic mass is 16.5. The highest BCUT2D eigenvalue weighted by Crippen LogP contribution is 2.23. The van der Waals surface area contributed by atoms with Crippen LogP contribution >= 0.6 is 0 Å². The van der Waals surface area contributed by atoms with Crippen LogP contribution < -0.4 is 10.1 Å². The number of aryl methyl sites for hydroxylation is 2. The van der Waals surface area contributed by atoms with Crippen molar-refractivity contribution in [3.8, 4) is 5.75 Å². The molecule has 32 heavy (non-hydrogen) atoms. The number of anilines is 1. The Hall–Kier alpha value is -4.26. The van der Waals surface area contributed by atoms with Crippen LogP contribution in [0.1, 0.15) is 42.2 Å². The summed E-state index contributed by atoms with van der Waals surface area (Å²) in [5, 5.41) is 2.85. The van der Waals surface area contributed by atoms with Crippen molar-refractivity contribution >= 4 is 29.4 Å². The molecule has 0 unspecified atom stereocenters. The van der Waals surface area contributed by atoms with Gasteiger partial charge in [-0.05, 0) is 61.9 Å². The molecule has 0 bridgehead atoms. The minimum atomic E-state index is -0.757. The average molecular weight is 428 g/mol. The SMILES string of the molecule is Cc1ccc(NC(=O)c2ccc(OC(=O)CN3C(=O)c4ccccc4C3=O)cc2)c(C)c1. The lowest BCUT2D eigenvalue weighted by molar-refractivity contribution is -0.134. The lowest BCUT2D eigenvalue weighted by Crippen LogP contribution is -2.36. The Morgan fingerprint density at radius 2 is 1.50 bits per heavy atom. The minimum absolute atomic E-state index is 0.203. The Balaban J connectivity index is 1.37. The Morgan fingerprint density at radius 1 is 0.875 bits per heavy atom. The molecule has 4 rings (SSSR count). The van der Waals surface area contributed by atoms with E-state index in [1.807, 2.05) is 32.0 Å². The molecular formula is C25H20N2O5. The number of nitrogens with one attached hydrogen (secondary N) is 1. The molecule has 0 atom stereocenters. The van der Waals surface area contributed by atoms with Crippen molar-refractivity contribution in [3.63, 3.8) is 0 Å². The van der Waals surface area contributed by atoms with Crippen molar-refractivity contribution in [1.29, 1.82) is 0 Å². The molecule has 0 aliphatic carbocycles. The Morgan fingerprint density at radius 3 is 2.09 bits per heavy atom. The molecular weight excluding hydrogens is 408 g/mol. The van der Waals surface area contributed by atoms with Gasteiger partial charge in [-0.2, -0.15) is 0 Å². The van der Waals surface area contributed by atoms with Crippen molar-refractivity contribution in [2.45, 2.75) is 13.8 Å². The number of ether oxygens (including phenoxy) is 1. The fraction of sp³-hybridized carbons (Fsp3) is 0.120. The molecule has 0 saturated heterocycles. The second-order valence-electron chi connectivity index (χ2n) is 7.51. The largest absolute Gasteiger partial charge is 0.425 e. The summed E-state index contributed by atoms with van der Waals surface area (Å²) in [5.74, 6) is -1.90. The lowest BCUT2D eigenvalue weighted by Gasteiger charge is -2.13. The number of imide groups is 1. The van der Waals surface area contributed by atoms with Gasteiger partial charge in [0.2, 0.25) is 0 Å². The van der Waals surface area contributed by atoms with E-state index in [4.69, 9.17) is 4.74 Å². The van der Waals surface area contributed by atoms with Gasteiger partial charge in [-0.25, -0.2) is 4.79 Å². The third-order valence-electron chi connectivity index (χ3n) is 5.14. The van der Waals surface area contributed by atoms with Gasteiger partial charge in [-0.3, -0.25) is 19.3 Å². The van der Waals surface area contributed by atoms with Crippen molar-refractivity contribution in [1.82, 2.24) is 4.90 Å². The summed E-state index contributed by atoms with van der Waals surface area (Å²) in [7, 11) is 0. The summed E-state index contributed by atoms with van der Waals surface area (Å²) < 4.78 is 5.24. The molecule has 0 spiro atoms. The highest BCUT2D eigenvalue weighted by molar-refractivity contribution is 6.22. The van der Waals surface area contributed by atoms with Gasteiger partial charge in [-0.15, -0.1) is 0 Å². The van der Waals surface area contributed by atoms with E-state index in [-0.39, 0.29) is 22.8 Å². The Labute approximate surface area is 184 Å². The summed E-state index contributed by atoms with van der Waals surface area (Å²) in [6, 6.07) is 18.2. The van der Waals surface area contributed by atoms with Crippen LogP contribution in [0.4, 0.5) is 5.69 Å². The number of hydrogen-bond acceptors (Lipinski definition) is 5.